The zero-order valence-corrected chi connectivity index (χ0v) is 14.0. The Morgan fingerprint density at radius 2 is 2.05 bits per heavy atom. The molecule has 0 aliphatic rings. The van der Waals surface area contributed by atoms with Gasteiger partial charge in [0.25, 0.3) is 0 Å². The highest BCUT2D eigenvalue weighted by molar-refractivity contribution is 7.98. The Morgan fingerprint density at radius 1 is 1.29 bits per heavy atom. The predicted octanol–water partition coefficient (Wildman–Crippen LogP) is 3.66. The fourth-order valence-electron chi connectivity index (χ4n) is 2.06. The molecule has 5 nitrogen and oxygen atoms in total. The molecule has 2 aromatic heterocycles. The molecule has 21 heavy (non-hydrogen) atoms. The molecule has 6 heteroatoms. The number of aromatic nitrogens is 3. The first-order chi connectivity index (χ1) is 10.0. The summed E-state index contributed by atoms with van der Waals surface area (Å²) in [5.74, 6) is 0.793. The van der Waals surface area contributed by atoms with Crippen LogP contribution < -0.4 is 5.32 Å². The van der Waals surface area contributed by atoms with Gasteiger partial charge in [-0.2, -0.15) is 0 Å². The van der Waals surface area contributed by atoms with E-state index in [0.29, 0.717) is 6.61 Å². The first-order valence-corrected chi connectivity index (χ1v) is 8.37. The standard InChI is InChI=1S/C15H22N4OS/c1-6-20-10(4)12-7-11-8-16-15(21-5)19-13(11)14(18-12)17-9(2)3/h7-10H,6H2,1-5H3,(H,17,18)/t10-/m1/s1. The van der Waals surface area contributed by atoms with Crippen molar-refractivity contribution in [2.24, 2.45) is 0 Å². The zero-order valence-electron chi connectivity index (χ0n) is 13.2. The van der Waals surface area contributed by atoms with E-state index in [-0.39, 0.29) is 12.1 Å². The predicted molar refractivity (Wildman–Crippen MR) is 87.9 cm³/mol. The summed E-state index contributed by atoms with van der Waals surface area (Å²) in [6.07, 6.45) is 3.77. The summed E-state index contributed by atoms with van der Waals surface area (Å²) in [6, 6.07) is 2.29. The Labute approximate surface area is 129 Å². The van der Waals surface area contributed by atoms with Gasteiger partial charge in [-0.3, -0.25) is 0 Å². The quantitative estimate of drug-likeness (QED) is 0.649. The molecule has 0 aliphatic heterocycles. The largest absolute Gasteiger partial charge is 0.372 e. The molecule has 0 radical (unpaired) electrons. The van der Waals surface area contributed by atoms with Gasteiger partial charge in [0.15, 0.2) is 11.0 Å². The molecule has 2 aromatic rings. The molecule has 0 fully saturated rings. The van der Waals surface area contributed by atoms with E-state index in [1.807, 2.05) is 32.4 Å². The van der Waals surface area contributed by atoms with E-state index < -0.39 is 0 Å². The lowest BCUT2D eigenvalue weighted by atomic mass is 10.2. The number of pyridine rings is 1. The molecule has 0 bridgehead atoms. The third kappa shape index (κ3) is 3.83. The number of thioether (sulfide) groups is 1. The van der Waals surface area contributed by atoms with E-state index in [0.717, 1.165) is 27.6 Å². The average Bonchev–Trinajstić information content (AvgIpc) is 2.46. The molecule has 1 N–H and O–H groups in total. The highest BCUT2D eigenvalue weighted by Gasteiger charge is 2.14. The van der Waals surface area contributed by atoms with Crippen molar-refractivity contribution in [2.75, 3.05) is 18.2 Å². The SMILES string of the molecule is CCO[C@H](C)c1cc2cnc(SC)nc2c(NC(C)C)n1. The summed E-state index contributed by atoms with van der Waals surface area (Å²) in [4.78, 5) is 13.6. The lowest BCUT2D eigenvalue weighted by Gasteiger charge is -2.16. The summed E-state index contributed by atoms with van der Waals surface area (Å²) in [5.41, 5.74) is 1.75. The van der Waals surface area contributed by atoms with Crippen LogP contribution in [0.2, 0.25) is 0 Å². The minimum absolute atomic E-state index is 0.0488. The van der Waals surface area contributed by atoms with Crippen LogP contribution in [0.1, 0.15) is 39.5 Å². The lowest BCUT2D eigenvalue weighted by molar-refractivity contribution is 0.0736. The number of fused-ring (bicyclic) bond motifs is 1. The van der Waals surface area contributed by atoms with Gasteiger partial charge < -0.3 is 10.1 Å². The van der Waals surface area contributed by atoms with Crippen LogP contribution >= 0.6 is 11.8 Å². The number of ether oxygens (including phenoxy) is 1. The van der Waals surface area contributed by atoms with E-state index in [1.165, 1.54) is 11.8 Å². The molecule has 0 aliphatic carbocycles. The summed E-state index contributed by atoms with van der Waals surface area (Å²) >= 11 is 1.53. The van der Waals surface area contributed by atoms with Gasteiger partial charge in [0.2, 0.25) is 0 Å². The normalized spacial score (nSPS) is 12.9. The Bertz CT molecular complexity index is 618. The second-order valence-corrected chi connectivity index (χ2v) is 5.86. The average molecular weight is 306 g/mol. The number of rotatable bonds is 6. The lowest BCUT2D eigenvalue weighted by Crippen LogP contribution is -2.14. The van der Waals surface area contributed by atoms with E-state index >= 15 is 0 Å². The second kappa shape index (κ2) is 7.04. The van der Waals surface area contributed by atoms with Gasteiger partial charge in [-0.15, -0.1) is 0 Å². The molecule has 114 valence electrons. The van der Waals surface area contributed by atoms with Crippen LogP contribution in [0.4, 0.5) is 5.82 Å². The van der Waals surface area contributed by atoms with Crippen molar-refractivity contribution in [3.05, 3.63) is 18.0 Å². The summed E-state index contributed by atoms with van der Waals surface area (Å²) in [6.45, 7) is 8.83. The van der Waals surface area contributed by atoms with Gasteiger partial charge in [0.05, 0.1) is 11.8 Å². The van der Waals surface area contributed by atoms with Crippen molar-refractivity contribution < 1.29 is 4.74 Å². The maximum absolute atomic E-state index is 5.65. The molecule has 0 amide bonds. The highest BCUT2D eigenvalue weighted by atomic mass is 32.2. The van der Waals surface area contributed by atoms with Crippen LogP contribution in [0.5, 0.6) is 0 Å². The minimum Gasteiger partial charge on any atom is -0.372 e. The third-order valence-electron chi connectivity index (χ3n) is 3.00. The topological polar surface area (TPSA) is 59.9 Å². The molecular formula is C15H22N4OS. The molecule has 0 saturated heterocycles. The number of anilines is 1. The molecule has 2 heterocycles. The van der Waals surface area contributed by atoms with Gasteiger partial charge in [-0.25, -0.2) is 15.0 Å². The van der Waals surface area contributed by atoms with Crippen LogP contribution in [0.25, 0.3) is 10.9 Å². The fraction of sp³-hybridized carbons (Fsp3) is 0.533. The van der Waals surface area contributed by atoms with Crippen LogP contribution in [0.15, 0.2) is 17.4 Å². The fourth-order valence-corrected chi connectivity index (χ4v) is 2.40. The van der Waals surface area contributed by atoms with Crippen molar-refractivity contribution in [3.8, 4) is 0 Å². The van der Waals surface area contributed by atoms with E-state index in [9.17, 15) is 0 Å². The van der Waals surface area contributed by atoms with Crippen LogP contribution in [-0.4, -0.2) is 33.9 Å². The van der Waals surface area contributed by atoms with Crippen molar-refractivity contribution in [1.29, 1.82) is 0 Å². The second-order valence-electron chi connectivity index (χ2n) is 5.09. The molecule has 0 saturated carbocycles. The number of hydrogen-bond acceptors (Lipinski definition) is 6. The smallest absolute Gasteiger partial charge is 0.187 e. The maximum Gasteiger partial charge on any atom is 0.187 e. The molecular weight excluding hydrogens is 284 g/mol. The Morgan fingerprint density at radius 3 is 2.67 bits per heavy atom. The molecule has 2 rings (SSSR count). The van der Waals surface area contributed by atoms with Crippen LogP contribution in [0, 0.1) is 0 Å². The maximum atomic E-state index is 5.65. The van der Waals surface area contributed by atoms with Gasteiger partial charge in [0, 0.05) is 24.2 Å². The Kier molecular flexibility index (Phi) is 5.36. The zero-order chi connectivity index (χ0) is 15.4. The number of hydrogen-bond donors (Lipinski definition) is 1. The summed E-state index contributed by atoms with van der Waals surface area (Å²) in [7, 11) is 0. The van der Waals surface area contributed by atoms with Crippen LogP contribution in [-0.2, 0) is 4.74 Å². The molecule has 0 spiro atoms. The van der Waals surface area contributed by atoms with E-state index in [2.05, 4.69) is 29.1 Å². The highest BCUT2D eigenvalue weighted by Crippen LogP contribution is 2.26. The summed E-state index contributed by atoms with van der Waals surface area (Å²) < 4.78 is 5.65. The van der Waals surface area contributed by atoms with Crippen molar-refractivity contribution >= 4 is 28.5 Å². The molecule has 1 atom stereocenters. The van der Waals surface area contributed by atoms with Gasteiger partial charge in [-0.05, 0) is 40.0 Å². The third-order valence-corrected chi connectivity index (χ3v) is 3.57. The number of nitrogens with zero attached hydrogens (tertiary/aromatic N) is 3. The van der Waals surface area contributed by atoms with E-state index in [1.54, 1.807) is 0 Å². The first kappa shape index (κ1) is 16.0. The van der Waals surface area contributed by atoms with Crippen molar-refractivity contribution in [3.63, 3.8) is 0 Å². The monoisotopic (exact) mass is 306 g/mol. The van der Waals surface area contributed by atoms with Gasteiger partial charge in [-0.1, -0.05) is 11.8 Å². The summed E-state index contributed by atoms with van der Waals surface area (Å²) in [5, 5.41) is 5.10. The van der Waals surface area contributed by atoms with Gasteiger partial charge in [0.1, 0.15) is 5.52 Å². The van der Waals surface area contributed by atoms with Crippen molar-refractivity contribution in [2.45, 2.75) is 45.0 Å². The van der Waals surface area contributed by atoms with E-state index in [4.69, 9.17) is 9.72 Å². The molecule has 0 unspecified atom stereocenters. The molecule has 0 aromatic carbocycles. The first-order valence-electron chi connectivity index (χ1n) is 7.15. The van der Waals surface area contributed by atoms with Crippen molar-refractivity contribution in [1.82, 2.24) is 15.0 Å². The van der Waals surface area contributed by atoms with Gasteiger partial charge >= 0.3 is 0 Å². The number of nitrogens with one attached hydrogen (secondary N) is 1. The Hall–Kier alpha value is -1.40. The Balaban J connectivity index is 2.55. The van der Waals surface area contributed by atoms with Crippen LogP contribution in [0.3, 0.4) is 0 Å². The minimum atomic E-state index is -0.0488.